The molecule has 1 aliphatic heterocycles. The smallest absolute Gasteiger partial charge is 0.260 e. The lowest BCUT2D eigenvalue weighted by Gasteiger charge is -2.23. The van der Waals surface area contributed by atoms with E-state index in [1.807, 2.05) is 26.0 Å². The molecule has 1 atom stereocenters. The van der Waals surface area contributed by atoms with Crippen LogP contribution < -0.4 is 5.32 Å². The fourth-order valence-corrected chi connectivity index (χ4v) is 3.38. The van der Waals surface area contributed by atoms with Crippen LogP contribution in [0.3, 0.4) is 0 Å². The Balaban J connectivity index is 2.04. The molecule has 0 spiro atoms. The van der Waals surface area contributed by atoms with Gasteiger partial charge in [-0.3, -0.25) is 9.89 Å². The topological polar surface area (TPSA) is 87.2 Å². The number of aryl methyl sites for hydroxylation is 1. The van der Waals surface area contributed by atoms with E-state index < -0.39 is 17.3 Å². The summed E-state index contributed by atoms with van der Waals surface area (Å²) in [7, 11) is 0. The lowest BCUT2D eigenvalue weighted by Crippen LogP contribution is -2.26. The van der Waals surface area contributed by atoms with Crippen molar-refractivity contribution in [3.05, 3.63) is 45.7 Å². The lowest BCUT2D eigenvalue weighted by atomic mass is 9.92. The molecular formula is C16H18ClN3O3. The number of benzene rings is 1. The molecule has 1 amide bonds. The first-order valence-corrected chi connectivity index (χ1v) is 7.59. The summed E-state index contributed by atoms with van der Waals surface area (Å²) in [6.45, 7) is 7.02. The van der Waals surface area contributed by atoms with Crippen molar-refractivity contribution in [2.75, 3.05) is 5.32 Å². The molecular weight excluding hydrogens is 318 g/mol. The Kier molecular flexibility index (Phi) is 3.51. The van der Waals surface area contributed by atoms with E-state index in [1.54, 1.807) is 19.9 Å². The van der Waals surface area contributed by atoms with E-state index in [0.717, 1.165) is 5.56 Å². The number of rotatable bonds is 2. The number of anilines is 1. The van der Waals surface area contributed by atoms with E-state index in [1.165, 1.54) is 0 Å². The van der Waals surface area contributed by atoms with Crippen molar-refractivity contribution in [3.63, 3.8) is 0 Å². The average Bonchev–Trinajstić information content (AvgIpc) is 2.85. The number of hydrogen-bond acceptors (Lipinski definition) is 4. The van der Waals surface area contributed by atoms with Crippen molar-refractivity contribution in [3.8, 4) is 0 Å². The third kappa shape index (κ3) is 2.52. The number of halogens is 1. The summed E-state index contributed by atoms with van der Waals surface area (Å²) in [5.41, 5.74) is 2.07. The second kappa shape index (κ2) is 5.06. The van der Waals surface area contributed by atoms with Crippen LogP contribution >= 0.6 is 11.6 Å². The molecule has 0 radical (unpaired) electrons. The fourth-order valence-electron chi connectivity index (χ4n) is 3.11. The number of hydrogen-bond donors (Lipinski definition) is 3. The zero-order valence-corrected chi connectivity index (χ0v) is 14.1. The van der Waals surface area contributed by atoms with Crippen LogP contribution in [-0.2, 0) is 16.1 Å². The fraction of sp³-hybridized carbons (Fsp3) is 0.375. The molecule has 2 heterocycles. The average molecular weight is 336 g/mol. The van der Waals surface area contributed by atoms with Crippen molar-refractivity contribution in [1.29, 1.82) is 0 Å². The van der Waals surface area contributed by atoms with Crippen LogP contribution in [-0.4, -0.2) is 21.2 Å². The Morgan fingerprint density at radius 1 is 1.39 bits per heavy atom. The van der Waals surface area contributed by atoms with Gasteiger partial charge in [-0.05, 0) is 39.3 Å². The van der Waals surface area contributed by atoms with E-state index in [9.17, 15) is 9.90 Å². The Hall–Kier alpha value is -1.89. The molecule has 1 aliphatic rings. The van der Waals surface area contributed by atoms with E-state index >= 15 is 0 Å². The zero-order valence-electron chi connectivity index (χ0n) is 13.3. The van der Waals surface area contributed by atoms with Crippen LogP contribution in [0.2, 0.25) is 5.15 Å². The molecule has 1 aromatic heterocycles. The summed E-state index contributed by atoms with van der Waals surface area (Å²) in [5, 5.41) is 20.0. The summed E-state index contributed by atoms with van der Waals surface area (Å²) in [6.07, 6.45) is 0. The predicted molar refractivity (Wildman–Crippen MR) is 86.4 cm³/mol. The molecule has 2 aromatic rings. The standard InChI is InChI=1S/C16H18ClN3O3/c1-8-11(13(17)20-19-8)14(21)18-10-7-5-6-9-12(10)16(4,22)23-15(9,2)3/h5-7,22H,1-4H3,(H,18,21)(H,19,20). The monoisotopic (exact) mass is 335 g/mol. The number of ether oxygens (including phenoxy) is 1. The molecule has 0 bridgehead atoms. The van der Waals surface area contributed by atoms with E-state index in [2.05, 4.69) is 15.5 Å². The molecule has 7 heteroatoms. The molecule has 6 nitrogen and oxygen atoms in total. The molecule has 122 valence electrons. The number of fused-ring (bicyclic) bond motifs is 1. The third-order valence-electron chi connectivity index (χ3n) is 4.01. The number of aliphatic hydroxyl groups is 1. The number of carbonyl (C=O) groups excluding carboxylic acids is 1. The molecule has 0 saturated heterocycles. The molecule has 23 heavy (non-hydrogen) atoms. The Morgan fingerprint density at radius 3 is 2.70 bits per heavy atom. The van der Waals surface area contributed by atoms with Gasteiger partial charge in [0, 0.05) is 16.9 Å². The van der Waals surface area contributed by atoms with Gasteiger partial charge in [0.2, 0.25) is 0 Å². The van der Waals surface area contributed by atoms with Gasteiger partial charge in [0.25, 0.3) is 5.91 Å². The highest BCUT2D eigenvalue weighted by atomic mass is 35.5. The number of carbonyl (C=O) groups is 1. The second-order valence-electron chi connectivity index (χ2n) is 6.29. The molecule has 0 fully saturated rings. The maximum Gasteiger partial charge on any atom is 0.260 e. The molecule has 0 aliphatic carbocycles. The van der Waals surface area contributed by atoms with E-state index in [4.69, 9.17) is 16.3 Å². The number of amides is 1. The quantitative estimate of drug-likeness (QED) is 0.787. The summed E-state index contributed by atoms with van der Waals surface area (Å²) < 4.78 is 5.73. The number of aromatic amines is 1. The second-order valence-corrected chi connectivity index (χ2v) is 6.65. The highest BCUT2D eigenvalue weighted by molar-refractivity contribution is 6.33. The van der Waals surface area contributed by atoms with Gasteiger partial charge in [-0.2, -0.15) is 5.10 Å². The van der Waals surface area contributed by atoms with Crippen LogP contribution in [0.1, 0.15) is 48.0 Å². The van der Waals surface area contributed by atoms with Gasteiger partial charge in [0.1, 0.15) is 0 Å². The summed E-state index contributed by atoms with van der Waals surface area (Å²) in [4.78, 5) is 12.5. The van der Waals surface area contributed by atoms with Crippen LogP contribution in [0.5, 0.6) is 0 Å². The molecule has 0 saturated carbocycles. The summed E-state index contributed by atoms with van der Waals surface area (Å²) >= 11 is 5.95. The molecule has 3 rings (SSSR count). The normalized spacial score (nSPS) is 22.0. The van der Waals surface area contributed by atoms with Crippen molar-refractivity contribution < 1.29 is 14.6 Å². The van der Waals surface area contributed by atoms with Gasteiger partial charge < -0.3 is 15.2 Å². The van der Waals surface area contributed by atoms with Crippen LogP contribution in [0.25, 0.3) is 0 Å². The lowest BCUT2D eigenvalue weighted by molar-refractivity contribution is -0.237. The molecule has 3 N–H and O–H groups in total. The first-order valence-electron chi connectivity index (χ1n) is 7.22. The van der Waals surface area contributed by atoms with Gasteiger partial charge in [0.05, 0.1) is 11.2 Å². The molecule has 1 unspecified atom stereocenters. The van der Waals surface area contributed by atoms with Crippen LogP contribution in [0, 0.1) is 6.92 Å². The van der Waals surface area contributed by atoms with Crippen molar-refractivity contribution in [2.24, 2.45) is 0 Å². The van der Waals surface area contributed by atoms with E-state index in [-0.39, 0.29) is 10.7 Å². The van der Waals surface area contributed by atoms with Crippen LogP contribution in [0.4, 0.5) is 5.69 Å². The minimum absolute atomic E-state index is 0.107. The van der Waals surface area contributed by atoms with Gasteiger partial charge in [-0.15, -0.1) is 0 Å². The minimum Gasteiger partial charge on any atom is -0.362 e. The number of nitrogens with one attached hydrogen (secondary N) is 2. The molecule has 1 aromatic carbocycles. The predicted octanol–water partition coefficient (Wildman–Crippen LogP) is 3.05. The first-order chi connectivity index (χ1) is 10.6. The number of aromatic nitrogens is 2. The largest absolute Gasteiger partial charge is 0.362 e. The maximum atomic E-state index is 12.5. The SMILES string of the molecule is Cc1[nH]nc(Cl)c1C(=O)Nc1cccc2c1C(C)(O)OC2(C)C. The van der Waals surface area contributed by atoms with Gasteiger partial charge >= 0.3 is 0 Å². The van der Waals surface area contributed by atoms with Crippen molar-refractivity contribution in [1.82, 2.24) is 10.2 Å². The third-order valence-corrected chi connectivity index (χ3v) is 4.28. The zero-order chi connectivity index (χ0) is 17.0. The van der Waals surface area contributed by atoms with Crippen molar-refractivity contribution in [2.45, 2.75) is 39.1 Å². The highest BCUT2D eigenvalue weighted by Gasteiger charge is 2.46. The van der Waals surface area contributed by atoms with Gasteiger partial charge in [-0.25, -0.2) is 0 Å². The van der Waals surface area contributed by atoms with Gasteiger partial charge in [-0.1, -0.05) is 23.7 Å². The maximum absolute atomic E-state index is 12.5. The number of H-pyrrole nitrogens is 1. The Morgan fingerprint density at radius 2 is 2.09 bits per heavy atom. The summed E-state index contributed by atoms with van der Waals surface area (Å²) in [6, 6.07) is 5.41. The van der Waals surface area contributed by atoms with Crippen LogP contribution in [0.15, 0.2) is 18.2 Å². The Bertz CT molecular complexity index is 776. The first kappa shape index (κ1) is 16.0. The van der Waals surface area contributed by atoms with Crippen molar-refractivity contribution >= 4 is 23.2 Å². The minimum atomic E-state index is -1.49. The van der Waals surface area contributed by atoms with E-state index in [0.29, 0.717) is 16.9 Å². The highest BCUT2D eigenvalue weighted by Crippen LogP contribution is 2.48. The number of nitrogens with zero attached hydrogens (tertiary/aromatic N) is 1. The van der Waals surface area contributed by atoms with Gasteiger partial charge in [0.15, 0.2) is 10.9 Å². The summed E-state index contributed by atoms with van der Waals surface area (Å²) in [5.74, 6) is -1.88. The Labute approximate surface area is 138 Å².